The topological polar surface area (TPSA) is 167 Å². The largest absolute Gasteiger partial charge is 0.482 e. The highest BCUT2D eigenvalue weighted by atomic mass is 16.5. The number of hydrogen-bond acceptors (Lipinski definition) is 9. The van der Waals surface area contributed by atoms with Crippen molar-refractivity contribution in [1.82, 2.24) is 0 Å². The smallest absolute Gasteiger partial charge is 0.341 e. The predicted molar refractivity (Wildman–Crippen MR) is 145 cm³/mol. The second-order valence-corrected chi connectivity index (χ2v) is 8.41. The molecule has 216 valence electrons. The summed E-state index contributed by atoms with van der Waals surface area (Å²) in [5, 5.41) is 26.3. The Morgan fingerprint density at radius 1 is 0.381 bits per heavy atom. The monoisotopic (exact) mass is 576 g/mol. The molecule has 0 bridgehead atoms. The van der Waals surface area contributed by atoms with E-state index in [0.29, 0.717) is 51.7 Å². The molecule has 0 aliphatic heterocycles. The van der Waals surface area contributed by atoms with Gasteiger partial charge in [0.25, 0.3) is 0 Å². The summed E-state index contributed by atoms with van der Waals surface area (Å²) in [4.78, 5) is 32.2. The second kappa shape index (κ2) is 13.9. The van der Waals surface area contributed by atoms with Gasteiger partial charge in [-0.2, -0.15) is 0 Å². The molecule has 0 amide bonds. The molecule has 0 atom stereocenters. The maximum atomic E-state index is 10.7. The molecule has 0 saturated carbocycles. The Bertz CT molecular complexity index is 1320. The predicted octanol–water partition coefficient (Wildman–Crippen LogP) is 5.45. The van der Waals surface area contributed by atoms with Crippen LogP contribution in [0, 0.1) is 0 Å². The third kappa shape index (κ3) is 9.38. The Morgan fingerprint density at radius 2 is 0.595 bits per heavy atom. The summed E-state index contributed by atoms with van der Waals surface area (Å²) in [5.41, 5.74) is 0. The molecule has 12 nitrogen and oxygen atoms in total. The molecule has 4 rings (SSSR count). The van der Waals surface area contributed by atoms with Crippen molar-refractivity contribution in [3.63, 3.8) is 0 Å². The first-order valence-electron chi connectivity index (χ1n) is 12.2. The average molecular weight is 577 g/mol. The van der Waals surface area contributed by atoms with E-state index < -0.39 is 37.7 Å². The van der Waals surface area contributed by atoms with Gasteiger partial charge in [0.15, 0.2) is 19.8 Å². The Balaban J connectivity index is 1.53. The van der Waals surface area contributed by atoms with Gasteiger partial charge < -0.3 is 43.7 Å². The summed E-state index contributed by atoms with van der Waals surface area (Å²) in [6, 6.07) is 23.9. The van der Waals surface area contributed by atoms with Crippen LogP contribution in [-0.2, 0) is 14.4 Å². The van der Waals surface area contributed by atoms with Crippen LogP contribution in [0.1, 0.15) is 0 Å². The van der Waals surface area contributed by atoms with Crippen molar-refractivity contribution in [2.75, 3.05) is 19.8 Å². The molecule has 0 saturated heterocycles. The highest BCUT2D eigenvalue weighted by Gasteiger charge is 2.10. The van der Waals surface area contributed by atoms with Crippen molar-refractivity contribution in [3.05, 3.63) is 91.0 Å². The van der Waals surface area contributed by atoms with E-state index in [4.69, 9.17) is 43.7 Å². The lowest BCUT2D eigenvalue weighted by atomic mass is 10.2. The van der Waals surface area contributed by atoms with E-state index in [2.05, 4.69) is 0 Å². The lowest BCUT2D eigenvalue weighted by molar-refractivity contribution is -0.140. The molecule has 0 unspecified atom stereocenters. The normalized spacial score (nSPS) is 10.3. The van der Waals surface area contributed by atoms with E-state index >= 15 is 0 Å². The number of carbonyl (C=O) groups is 3. The van der Waals surface area contributed by atoms with Crippen LogP contribution >= 0.6 is 0 Å². The van der Waals surface area contributed by atoms with Gasteiger partial charge in [0.1, 0.15) is 51.7 Å². The molecule has 0 aliphatic carbocycles. The van der Waals surface area contributed by atoms with Crippen LogP contribution in [0.5, 0.6) is 51.7 Å². The molecule has 4 aromatic rings. The van der Waals surface area contributed by atoms with Gasteiger partial charge in [-0.05, 0) is 72.8 Å². The summed E-state index contributed by atoms with van der Waals surface area (Å²) in [6.45, 7) is -1.42. The first-order valence-corrected chi connectivity index (χ1v) is 12.2. The molecule has 0 spiro atoms. The van der Waals surface area contributed by atoms with Gasteiger partial charge in [-0.15, -0.1) is 0 Å². The molecule has 3 N–H and O–H groups in total. The van der Waals surface area contributed by atoms with Crippen molar-refractivity contribution >= 4 is 17.9 Å². The molecule has 0 fully saturated rings. The van der Waals surface area contributed by atoms with Crippen LogP contribution in [-0.4, -0.2) is 53.0 Å². The highest BCUT2D eigenvalue weighted by molar-refractivity contribution is 5.69. The Morgan fingerprint density at radius 3 is 0.810 bits per heavy atom. The molecule has 0 aromatic heterocycles. The first kappa shape index (κ1) is 29.1. The molecule has 4 aromatic carbocycles. The van der Waals surface area contributed by atoms with E-state index in [1.165, 1.54) is 0 Å². The van der Waals surface area contributed by atoms with Crippen molar-refractivity contribution in [1.29, 1.82) is 0 Å². The number of benzene rings is 4. The minimum Gasteiger partial charge on any atom is -0.482 e. The molecule has 0 radical (unpaired) electrons. The van der Waals surface area contributed by atoms with Gasteiger partial charge in [-0.25, -0.2) is 14.4 Å². The number of rotatable bonds is 15. The number of aliphatic carboxylic acids is 3. The summed E-state index contributed by atoms with van der Waals surface area (Å²) >= 11 is 0. The molecule has 0 aliphatic rings. The zero-order valence-electron chi connectivity index (χ0n) is 21.8. The van der Waals surface area contributed by atoms with E-state index in [-0.39, 0.29) is 0 Å². The fourth-order valence-corrected chi connectivity index (χ4v) is 3.38. The number of ether oxygens (including phenoxy) is 6. The van der Waals surface area contributed by atoms with Crippen LogP contribution in [0.4, 0.5) is 0 Å². The minimum absolute atomic E-state index is 0.351. The number of hydrogen-bond donors (Lipinski definition) is 3. The average Bonchev–Trinajstić information content (AvgIpc) is 2.96. The number of carboxylic acid groups (broad SMARTS) is 3. The lowest BCUT2D eigenvalue weighted by Gasteiger charge is -2.14. The third-order valence-corrected chi connectivity index (χ3v) is 5.12. The molecule has 0 heterocycles. The van der Waals surface area contributed by atoms with Crippen LogP contribution in [0.2, 0.25) is 0 Å². The van der Waals surface area contributed by atoms with Crippen LogP contribution < -0.4 is 28.4 Å². The zero-order valence-corrected chi connectivity index (χ0v) is 21.8. The Kier molecular flexibility index (Phi) is 9.65. The van der Waals surface area contributed by atoms with Gasteiger partial charge in [0.2, 0.25) is 0 Å². The van der Waals surface area contributed by atoms with E-state index in [1.54, 1.807) is 91.0 Å². The Labute approximate surface area is 238 Å². The quantitative estimate of drug-likeness (QED) is 0.164. The van der Waals surface area contributed by atoms with Gasteiger partial charge in [0, 0.05) is 18.2 Å². The molecular weight excluding hydrogens is 552 g/mol. The maximum Gasteiger partial charge on any atom is 0.341 e. The summed E-state index contributed by atoms with van der Waals surface area (Å²) in [7, 11) is 0. The lowest BCUT2D eigenvalue weighted by Crippen LogP contribution is -2.09. The van der Waals surface area contributed by atoms with Crippen LogP contribution in [0.15, 0.2) is 91.0 Å². The number of carboxylic acids is 3. The van der Waals surface area contributed by atoms with Crippen LogP contribution in [0.3, 0.4) is 0 Å². The van der Waals surface area contributed by atoms with E-state index in [0.717, 1.165) is 0 Å². The van der Waals surface area contributed by atoms with Crippen LogP contribution in [0.25, 0.3) is 0 Å². The van der Waals surface area contributed by atoms with E-state index in [1.807, 2.05) is 0 Å². The van der Waals surface area contributed by atoms with Crippen molar-refractivity contribution < 1.29 is 58.1 Å². The summed E-state index contributed by atoms with van der Waals surface area (Å²) in [6.07, 6.45) is 0. The van der Waals surface area contributed by atoms with Gasteiger partial charge in [-0.3, -0.25) is 0 Å². The third-order valence-electron chi connectivity index (χ3n) is 5.12. The van der Waals surface area contributed by atoms with Crippen molar-refractivity contribution in [2.45, 2.75) is 0 Å². The van der Waals surface area contributed by atoms with Crippen molar-refractivity contribution in [2.24, 2.45) is 0 Å². The minimum atomic E-state index is -1.09. The first-order chi connectivity index (χ1) is 20.2. The van der Waals surface area contributed by atoms with Crippen molar-refractivity contribution in [3.8, 4) is 51.7 Å². The zero-order chi connectivity index (χ0) is 29.9. The second-order valence-electron chi connectivity index (χ2n) is 8.41. The SMILES string of the molecule is O=C(O)COc1ccc(Oc2cc(Oc3ccc(OCC(=O)O)cc3)cc(Oc3ccc(OCC(=O)O)cc3)c2)cc1. The van der Waals surface area contributed by atoms with Gasteiger partial charge >= 0.3 is 17.9 Å². The van der Waals surface area contributed by atoms with E-state index in [9.17, 15) is 14.4 Å². The maximum absolute atomic E-state index is 10.7. The molecular formula is C30H24O12. The highest BCUT2D eigenvalue weighted by Crippen LogP contribution is 2.36. The fraction of sp³-hybridized carbons (Fsp3) is 0.100. The van der Waals surface area contributed by atoms with Gasteiger partial charge in [-0.1, -0.05) is 0 Å². The standard InChI is InChI=1S/C30H24O12/c31-28(32)16-37-19-1-7-22(8-2-19)40-25-13-26(41-23-9-3-20(4-10-23)38-17-29(33)34)15-27(14-25)42-24-11-5-21(6-12-24)39-18-30(35)36/h1-15H,16-18H2,(H,31,32)(H,33,34)(H,35,36). The molecule has 42 heavy (non-hydrogen) atoms. The summed E-state index contributed by atoms with van der Waals surface area (Å²) in [5.74, 6) is 0.145. The molecule has 12 heteroatoms. The summed E-state index contributed by atoms with van der Waals surface area (Å²) < 4.78 is 33.4. The Hall–Kier alpha value is -5.91. The fourth-order valence-electron chi connectivity index (χ4n) is 3.38. The van der Waals surface area contributed by atoms with Gasteiger partial charge in [0.05, 0.1) is 0 Å².